The van der Waals surface area contributed by atoms with E-state index in [0.29, 0.717) is 0 Å². The molecule has 1 rings (SSSR count). The molecule has 1 fully saturated rings. The maximum absolute atomic E-state index is 11.3. The Labute approximate surface area is 140 Å². The first-order chi connectivity index (χ1) is 11.2. The number of unbranched alkanes of at least 4 members (excludes halogenated alkanes) is 10. The number of allylic oxidation sites excluding steroid dienone is 1. The van der Waals surface area contributed by atoms with Crippen molar-refractivity contribution < 1.29 is 19.1 Å². The minimum absolute atomic E-state index is 0.113. The molecule has 0 spiro atoms. The third kappa shape index (κ3) is 10.9. The zero-order valence-electron chi connectivity index (χ0n) is 14.6. The predicted molar refractivity (Wildman–Crippen MR) is 90.8 cm³/mol. The average molecular weight is 324 g/mol. The third-order valence-corrected chi connectivity index (χ3v) is 4.05. The first kappa shape index (κ1) is 19.7. The van der Waals surface area contributed by atoms with Gasteiger partial charge in [-0.15, -0.1) is 0 Å². The second-order valence-electron chi connectivity index (χ2n) is 6.25. The Morgan fingerprint density at radius 3 is 1.83 bits per heavy atom. The molecule has 4 nitrogen and oxygen atoms in total. The lowest BCUT2D eigenvalue weighted by molar-refractivity contribution is -0.171. The minimum atomic E-state index is -0.833. The van der Waals surface area contributed by atoms with Crippen LogP contribution in [0.3, 0.4) is 0 Å². The summed E-state index contributed by atoms with van der Waals surface area (Å²) in [6, 6.07) is 0. The summed E-state index contributed by atoms with van der Waals surface area (Å²) >= 11 is 0. The number of hydrogen-bond acceptors (Lipinski definition) is 4. The SMILES string of the molecule is CCCCCCCCCCCC/C=C/C1OC(=O)CCC(=O)O1. The first-order valence-electron chi connectivity index (χ1n) is 9.28. The maximum atomic E-state index is 11.3. The summed E-state index contributed by atoms with van der Waals surface area (Å²) in [6.07, 6.45) is 17.1. The number of carbonyl (C=O) groups is 2. The molecule has 0 saturated carbocycles. The van der Waals surface area contributed by atoms with Crippen LogP contribution in [0.4, 0.5) is 0 Å². The van der Waals surface area contributed by atoms with E-state index in [1.165, 1.54) is 57.8 Å². The molecule has 0 amide bonds. The fourth-order valence-corrected chi connectivity index (χ4v) is 2.64. The van der Waals surface area contributed by atoms with Gasteiger partial charge in [-0.25, -0.2) is 0 Å². The van der Waals surface area contributed by atoms with Gasteiger partial charge >= 0.3 is 11.9 Å². The summed E-state index contributed by atoms with van der Waals surface area (Å²) < 4.78 is 10.0. The Morgan fingerprint density at radius 2 is 1.30 bits per heavy atom. The van der Waals surface area contributed by atoms with Crippen LogP contribution in [0.25, 0.3) is 0 Å². The van der Waals surface area contributed by atoms with Crippen LogP contribution in [0.5, 0.6) is 0 Å². The third-order valence-electron chi connectivity index (χ3n) is 4.05. The van der Waals surface area contributed by atoms with Crippen LogP contribution < -0.4 is 0 Å². The van der Waals surface area contributed by atoms with Crippen LogP contribution >= 0.6 is 0 Å². The summed E-state index contributed by atoms with van der Waals surface area (Å²) in [6.45, 7) is 2.25. The Bertz CT molecular complexity index is 344. The van der Waals surface area contributed by atoms with Crippen LogP contribution in [0.1, 0.15) is 90.4 Å². The molecule has 1 aliphatic rings. The predicted octanol–water partition coefficient (Wildman–Crippen LogP) is 5.06. The molecule has 0 aliphatic carbocycles. The van der Waals surface area contributed by atoms with Crippen LogP contribution in [0.15, 0.2) is 12.2 Å². The smallest absolute Gasteiger partial charge is 0.309 e. The van der Waals surface area contributed by atoms with Crippen molar-refractivity contribution in [2.45, 2.75) is 96.7 Å². The lowest BCUT2D eigenvalue weighted by Crippen LogP contribution is -2.17. The average Bonchev–Trinajstić information content (AvgIpc) is 2.69. The Hall–Kier alpha value is -1.32. The van der Waals surface area contributed by atoms with Crippen molar-refractivity contribution in [1.29, 1.82) is 0 Å². The number of cyclic esters (lactones) is 2. The van der Waals surface area contributed by atoms with Gasteiger partial charge in [0.05, 0.1) is 12.8 Å². The number of hydrogen-bond donors (Lipinski definition) is 0. The van der Waals surface area contributed by atoms with Crippen LogP contribution in [-0.4, -0.2) is 18.2 Å². The van der Waals surface area contributed by atoms with Gasteiger partial charge in [-0.2, -0.15) is 0 Å². The highest BCUT2D eigenvalue weighted by molar-refractivity contribution is 5.79. The molecule has 0 radical (unpaired) electrons. The summed E-state index contributed by atoms with van der Waals surface area (Å²) in [5.41, 5.74) is 0. The Morgan fingerprint density at radius 1 is 0.826 bits per heavy atom. The van der Waals surface area contributed by atoms with E-state index in [4.69, 9.17) is 9.47 Å². The summed E-state index contributed by atoms with van der Waals surface area (Å²) in [5.74, 6) is -0.742. The van der Waals surface area contributed by atoms with Gasteiger partial charge in [0.2, 0.25) is 0 Å². The summed E-state index contributed by atoms with van der Waals surface area (Å²) in [4.78, 5) is 22.5. The molecule has 0 aromatic rings. The van der Waals surface area contributed by atoms with E-state index >= 15 is 0 Å². The van der Waals surface area contributed by atoms with Crippen LogP contribution in [-0.2, 0) is 19.1 Å². The first-order valence-corrected chi connectivity index (χ1v) is 9.28. The van der Waals surface area contributed by atoms with Gasteiger partial charge in [0.15, 0.2) is 0 Å². The van der Waals surface area contributed by atoms with Crippen LogP contribution in [0.2, 0.25) is 0 Å². The highest BCUT2D eigenvalue weighted by atomic mass is 16.7. The van der Waals surface area contributed by atoms with E-state index in [-0.39, 0.29) is 24.8 Å². The highest BCUT2D eigenvalue weighted by Gasteiger charge is 2.21. The molecule has 0 aromatic heterocycles. The van der Waals surface area contributed by atoms with Gasteiger partial charge in [-0.05, 0) is 18.9 Å². The second-order valence-corrected chi connectivity index (χ2v) is 6.25. The van der Waals surface area contributed by atoms with Crippen molar-refractivity contribution in [1.82, 2.24) is 0 Å². The van der Waals surface area contributed by atoms with E-state index in [1.807, 2.05) is 6.08 Å². The van der Waals surface area contributed by atoms with Crippen LogP contribution in [0, 0.1) is 0 Å². The topological polar surface area (TPSA) is 52.6 Å². The molecule has 1 aliphatic heterocycles. The number of carbonyl (C=O) groups excluding carboxylic acids is 2. The van der Waals surface area contributed by atoms with Crippen molar-refractivity contribution >= 4 is 11.9 Å². The molecule has 0 atom stereocenters. The zero-order valence-corrected chi connectivity index (χ0v) is 14.6. The van der Waals surface area contributed by atoms with Gasteiger partial charge in [0, 0.05) is 0 Å². The molecule has 132 valence electrons. The molecule has 4 heteroatoms. The van der Waals surface area contributed by atoms with E-state index < -0.39 is 6.29 Å². The standard InChI is InChI=1S/C19H32O4/c1-2-3-4-5-6-7-8-9-10-11-12-13-14-19-22-17(20)15-16-18(21)23-19/h13-14,19H,2-12,15-16H2,1H3/b14-13+. The van der Waals surface area contributed by atoms with Gasteiger partial charge < -0.3 is 9.47 Å². The Balaban J connectivity index is 1.95. The van der Waals surface area contributed by atoms with Gasteiger partial charge in [0.1, 0.15) is 0 Å². The minimum Gasteiger partial charge on any atom is -0.421 e. The summed E-state index contributed by atoms with van der Waals surface area (Å²) in [5, 5.41) is 0. The molecule has 1 heterocycles. The maximum Gasteiger partial charge on any atom is 0.309 e. The monoisotopic (exact) mass is 324 g/mol. The van der Waals surface area contributed by atoms with Gasteiger partial charge in [-0.3, -0.25) is 9.59 Å². The van der Waals surface area contributed by atoms with Crippen molar-refractivity contribution in [2.75, 3.05) is 0 Å². The second kappa shape index (κ2) is 13.1. The Kier molecular flexibility index (Phi) is 11.3. The van der Waals surface area contributed by atoms with Crippen molar-refractivity contribution in [3.05, 3.63) is 12.2 Å². The van der Waals surface area contributed by atoms with Crippen molar-refractivity contribution in [3.8, 4) is 0 Å². The molecular formula is C19H32O4. The van der Waals surface area contributed by atoms with E-state index in [2.05, 4.69) is 6.92 Å². The zero-order chi connectivity index (χ0) is 16.8. The van der Waals surface area contributed by atoms with Crippen molar-refractivity contribution in [2.24, 2.45) is 0 Å². The number of esters is 2. The molecule has 0 unspecified atom stereocenters. The van der Waals surface area contributed by atoms with E-state index in [9.17, 15) is 9.59 Å². The lowest BCUT2D eigenvalue weighted by atomic mass is 10.1. The molecule has 0 aromatic carbocycles. The quantitative estimate of drug-likeness (QED) is 0.286. The normalized spacial score (nSPS) is 16.4. The molecule has 23 heavy (non-hydrogen) atoms. The van der Waals surface area contributed by atoms with E-state index in [0.717, 1.165) is 12.8 Å². The van der Waals surface area contributed by atoms with Gasteiger partial charge in [-0.1, -0.05) is 70.8 Å². The molecule has 0 bridgehead atoms. The highest BCUT2D eigenvalue weighted by Crippen LogP contribution is 2.13. The molecule has 1 saturated heterocycles. The number of rotatable bonds is 12. The largest absolute Gasteiger partial charge is 0.421 e. The van der Waals surface area contributed by atoms with E-state index in [1.54, 1.807) is 6.08 Å². The number of ether oxygens (including phenoxy) is 2. The van der Waals surface area contributed by atoms with Gasteiger partial charge in [0.25, 0.3) is 6.29 Å². The summed E-state index contributed by atoms with van der Waals surface area (Å²) in [7, 11) is 0. The molecular weight excluding hydrogens is 292 g/mol. The fraction of sp³-hybridized carbons (Fsp3) is 0.789. The van der Waals surface area contributed by atoms with Crippen molar-refractivity contribution in [3.63, 3.8) is 0 Å². The fourth-order valence-electron chi connectivity index (χ4n) is 2.64. The molecule has 0 N–H and O–H groups in total. The lowest BCUT2D eigenvalue weighted by Gasteiger charge is -2.10.